The lowest BCUT2D eigenvalue weighted by molar-refractivity contribution is 0.103. The number of aryl methyl sites for hydroxylation is 1. The topological polar surface area (TPSA) is 60.7 Å². The molecule has 0 aromatic carbocycles. The van der Waals surface area contributed by atoms with Gasteiger partial charge in [-0.25, -0.2) is 0 Å². The van der Waals surface area contributed by atoms with Gasteiger partial charge in [-0.15, -0.1) is 0 Å². The Kier molecular flexibility index (Phi) is 1.90. The van der Waals surface area contributed by atoms with Gasteiger partial charge in [-0.05, 0) is 6.07 Å². The molecule has 0 fully saturated rings. The Hall–Kier alpha value is -1.56. The molecule has 0 radical (unpaired) electrons. The summed E-state index contributed by atoms with van der Waals surface area (Å²) < 4.78 is 9.16. The molecule has 2 rings (SSSR count). The lowest BCUT2D eigenvalue weighted by atomic mass is 10.2. The molecular formula is C7H6N4OS. The van der Waals surface area contributed by atoms with E-state index in [4.69, 9.17) is 0 Å². The van der Waals surface area contributed by atoms with Crippen LogP contribution in [0.2, 0.25) is 0 Å². The zero-order valence-electron chi connectivity index (χ0n) is 6.84. The van der Waals surface area contributed by atoms with Crippen molar-refractivity contribution in [1.82, 2.24) is 18.5 Å². The van der Waals surface area contributed by atoms with Crippen LogP contribution in [0.5, 0.6) is 0 Å². The molecule has 0 aliphatic rings. The second kappa shape index (κ2) is 3.06. The van der Waals surface area contributed by atoms with E-state index in [0.717, 1.165) is 11.7 Å². The fourth-order valence-corrected chi connectivity index (χ4v) is 1.34. The fourth-order valence-electron chi connectivity index (χ4n) is 0.932. The largest absolute Gasteiger partial charge is 0.285 e. The van der Waals surface area contributed by atoms with Crippen molar-refractivity contribution in [3.63, 3.8) is 0 Å². The van der Waals surface area contributed by atoms with Crippen LogP contribution in [0.1, 0.15) is 16.2 Å². The van der Waals surface area contributed by atoms with Gasteiger partial charge in [0.05, 0.1) is 17.9 Å². The van der Waals surface area contributed by atoms with E-state index in [1.807, 2.05) is 0 Å². The summed E-state index contributed by atoms with van der Waals surface area (Å²) in [7, 11) is 1.76. The van der Waals surface area contributed by atoms with Gasteiger partial charge in [0.15, 0.2) is 0 Å². The van der Waals surface area contributed by atoms with Crippen LogP contribution in [0.4, 0.5) is 0 Å². The van der Waals surface area contributed by atoms with Crippen LogP contribution in [-0.2, 0) is 7.05 Å². The molecule has 2 aromatic heterocycles. The Labute approximate surface area is 78.3 Å². The van der Waals surface area contributed by atoms with Crippen molar-refractivity contribution >= 4 is 17.5 Å². The molecule has 0 aliphatic carbocycles. The molecule has 0 N–H and O–H groups in total. The molecule has 66 valence electrons. The van der Waals surface area contributed by atoms with E-state index in [-0.39, 0.29) is 5.78 Å². The number of carbonyl (C=O) groups is 1. The minimum absolute atomic E-state index is 0.186. The number of aromatic nitrogens is 4. The third-order valence-electron chi connectivity index (χ3n) is 1.54. The van der Waals surface area contributed by atoms with Gasteiger partial charge in [-0.1, -0.05) is 0 Å². The average Bonchev–Trinajstić information content (AvgIpc) is 2.72. The molecule has 6 heteroatoms. The predicted molar refractivity (Wildman–Crippen MR) is 46.5 cm³/mol. The molecule has 13 heavy (non-hydrogen) atoms. The van der Waals surface area contributed by atoms with E-state index in [2.05, 4.69) is 13.8 Å². The first-order chi connectivity index (χ1) is 6.27. The van der Waals surface area contributed by atoms with Gasteiger partial charge in [0.25, 0.3) is 0 Å². The van der Waals surface area contributed by atoms with Crippen molar-refractivity contribution in [2.24, 2.45) is 7.05 Å². The Morgan fingerprint density at radius 3 is 2.92 bits per heavy atom. The Bertz CT molecular complexity index is 419. The van der Waals surface area contributed by atoms with E-state index in [0.29, 0.717) is 11.4 Å². The Morgan fingerprint density at radius 1 is 1.54 bits per heavy atom. The van der Waals surface area contributed by atoms with Crippen molar-refractivity contribution in [3.8, 4) is 0 Å². The normalized spacial score (nSPS) is 10.2. The van der Waals surface area contributed by atoms with Crippen LogP contribution < -0.4 is 0 Å². The molecule has 0 atom stereocenters. The van der Waals surface area contributed by atoms with Gasteiger partial charge in [0, 0.05) is 13.2 Å². The van der Waals surface area contributed by atoms with Crippen LogP contribution in [0.25, 0.3) is 0 Å². The number of nitrogens with zero attached hydrogens (tertiary/aromatic N) is 4. The summed E-state index contributed by atoms with van der Waals surface area (Å²) in [5.41, 5.74) is 0.749. The van der Waals surface area contributed by atoms with Gasteiger partial charge in [0.1, 0.15) is 11.4 Å². The highest BCUT2D eigenvalue weighted by atomic mass is 32.1. The molecule has 0 bridgehead atoms. The molecule has 0 spiro atoms. The van der Waals surface area contributed by atoms with E-state index >= 15 is 0 Å². The lowest BCUT2D eigenvalue weighted by Crippen LogP contribution is -2.03. The SMILES string of the molecule is Cn1ccc(C(=O)c2cnsn2)n1. The van der Waals surface area contributed by atoms with Crippen molar-refractivity contribution in [3.05, 3.63) is 29.8 Å². The highest BCUT2D eigenvalue weighted by molar-refractivity contribution is 6.99. The second-order valence-corrected chi connectivity index (χ2v) is 3.05. The molecule has 0 amide bonds. The van der Waals surface area contributed by atoms with Crippen LogP contribution >= 0.6 is 11.7 Å². The Morgan fingerprint density at radius 2 is 2.38 bits per heavy atom. The fraction of sp³-hybridized carbons (Fsp3) is 0.143. The van der Waals surface area contributed by atoms with Gasteiger partial charge in [0.2, 0.25) is 5.78 Å². The lowest BCUT2D eigenvalue weighted by Gasteiger charge is -1.88. The second-order valence-electron chi connectivity index (χ2n) is 2.50. The molecular weight excluding hydrogens is 188 g/mol. The minimum Gasteiger partial charge on any atom is -0.285 e. The van der Waals surface area contributed by atoms with Crippen molar-refractivity contribution in [2.75, 3.05) is 0 Å². The predicted octanol–water partition coefficient (Wildman–Crippen LogP) is 0.503. The number of rotatable bonds is 2. The van der Waals surface area contributed by atoms with Gasteiger partial charge < -0.3 is 0 Å². The maximum Gasteiger partial charge on any atom is 0.234 e. The number of hydrogen-bond donors (Lipinski definition) is 0. The molecule has 0 saturated carbocycles. The summed E-state index contributed by atoms with van der Waals surface area (Å²) in [6, 6.07) is 1.65. The summed E-state index contributed by atoms with van der Waals surface area (Å²) in [5.74, 6) is -0.186. The molecule has 2 heterocycles. The highest BCUT2D eigenvalue weighted by Crippen LogP contribution is 2.04. The quantitative estimate of drug-likeness (QED) is 0.653. The maximum atomic E-state index is 11.5. The number of hydrogen-bond acceptors (Lipinski definition) is 5. The van der Waals surface area contributed by atoms with Crippen molar-refractivity contribution in [1.29, 1.82) is 0 Å². The zero-order chi connectivity index (χ0) is 9.26. The van der Waals surface area contributed by atoms with E-state index in [1.54, 1.807) is 24.0 Å². The van der Waals surface area contributed by atoms with E-state index < -0.39 is 0 Å². The highest BCUT2D eigenvalue weighted by Gasteiger charge is 2.13. The molecule has 0 aliphatic heterocycles. The summed E-state index contributed by atoms with van der Waals surface area (Å²) in [6.45, 7) is 0. The van der Waals surface area contributed by atoms with E-state index in [9.17, 15) is 4.79 Å². The van der Waals surface area contributed by atoms with Crippen LogP contribution in [0.3, 0.4) is 0 Å². The molecule has 5 nitrogen and oxygen atoms in total. The number of carbonyl (C=O) groups excluding carboxylic acids is 1. The van der Waals surface area contributed by atoms with Crippen LogP contribution in [0.15, 0.2) is 18.5 Å². The van der Waals surface area contributed by atoms with Gasteiger partial charge in [-0.2, -0.15) is 13.8 Å². The van der Waals surface area contributed by atoms with Crippen molar-refractivity contribution < 1.29 is 4.79 Å². The summed E-state index contributed by atoms with van der Waals surface area (Å²) >= 11 is 1.01. The van der Waals surface area contributed by atoms with E-state index in [1.165, 1.54) is 6.20 Å². The standard InChI is InChI=1S/C7H6N4OS/c1-11-3-2-5(9-11)7(12)6-4-8-13-10-6/h2-4H,1H3. The monoisotopic (exact) mass is 194 g/mol. The molecule has 0 unspecified atom stereocenters. The first kappa shape index (κ1) is 8.06. The third-order valence-corrected chi connectivity index (χ3v) is 2.02. The Balaban J connectivity index is 2.33. The van der Waals surface area contributed by atoms with Crippen LogP contribution in [-0.4, -0.2) is 24.3 Å². The first-order valence-electron chi connectivity index (χ1n) is 3.59. The summed E-state index contributed by atoms with van der Waals surface area (Å²) in [6.07, 6.45) is 3.16. The average molecular weight is 194 g/mol. The van der Waals surface area contributed by atoms with Gasteiger partial charge >= 0.3 is 0 Å². The zero-order valence-corrected chi connectivity index (χ0v) is 7.65. The molecule has 0 saturated heterocycles. The summed E-state index contributed by atoms with van der Waals surface area (Å²) in [4.78, 5) is 11.5. The third kappa shape index (κ3) is 1.48. The van der Waals surface area contributed by atoms with Gasteiger partial charge in [-0.3, -0.25) is 9.48 Å². The minimum atomic E-state index is -0.186. The van der Waals surface area contributed by atoms with Crippen LogP contribution in [0, 0.1) is 0 Å². The summed E-state index contributed by atoms with van der Waals surface area (Å²) in [5, 5.41) is 3.97. The molecule has 2 aromatic rings. The maximum absolute atomic E-state index is 11.5. The first-order valence-corrected chi connectivity index (χ1v) is 4.32. The smallest absolute Gasteiger partial charge is 0.234 e. The van der Waals surface area contributed by atoms with Crippen molar-refractivity contribution in [2.45, 2.75) is 0 Å². The number of ketones is 1.